The van der Waals surface area contributed by atoms with Crippen LogP contribution >= 0.6 is 0 Å². The minimum atomic E-state index is -0.153. The van der Waals surface area contributed by atoms with Gasteiger partial charge in [0.25, 0.3) is 0 Å². The number of rotatable bonds is 6. The fourth-order valence-corrected chi connectivity index (χ4v) is 3.96. The van der Waals surface area contributed by atoms with Gasteiger partial charge in [-0.2, -0.15) is 0 Å². The minimum Gasteiger partial charge on any atom is -0.502 e. The van der Waals surface area contributed by atoms with E-state index in [1.54, 1.807) is 13.2 Å². The summed E-state index contributed by atoms with van der Waals surface area (Å²) in [6.45, 7) is 3.88. The summed E-state index contributed by atoms with van der Waals surface area (Å²) in [5, 5.41) is 10.3. The lowest BCUT2D eigenvalue weighted by Crippen LogP contribution is -2.32. The van der Waals surface area contributed by atoms with Crippen LogP contribution < -0.4 is 5.73 Å². The lowest BCUT2D eigenvalue weighted by molar-refractivity contribution is 0.131. The summed E-state index contributed by atoms with van der Waals surface area (Å²) in [6.07, 6.45) is 11.2. The molecule has 0 amide bonds. The molecule has 3 unspecified atom stereocenters. The summed E-state index contributed by atoms with van der Waals surface area (Å²) >= 11 is 0. The van der Waals surface area contributed by atoms with Crippen molar-refractivity contribution in [3.8, 4) is 0 Å². The van der Waals surface area contributed by atoms with Crippen molar-refractivity contribution in [2.45, 2.75) is 31.9 Å². The first-order chi connectivity index (χ1) is 15.0. The highest BCUT2D eigenvalue weighted by Crippen LogP contribution is 2.44. The van der Waals surface area contributed by atoms with Crippen LogP contribution in [0.3, 0.4) is 0 Å². The van der Waals surface area contributed by atoms with E-state index in [1.807, 2.05) is 62.4 Å². The standard InChI is InChI=1S/C26H27N3O2/c1-16(30-3)14-17(2)31-24-15-23(29-22-11-7-6-10-21(22)27)25(24)20-13-12-18-8-4-5-9-19(18)26(20)28/h4-15,17,23,25,27H,28H2,1-3H3/b16-14-,27-21?,29-22+. The topological polar surface area (TPSA) is 80.7 Å². The number of nitrogens with zero attached hydrogens (tertiary/aromatic N) is 1. The summed E-state index contributed by atoms with van der Waals surface area (Å²) in [7, 11) is 1.65. The van der Waals surface area contributed by atoms with Gasteiger partial charge in [0.2, 0.25) is 0 Å². The molecule has 0 radical (unpaired) electrons. The largest absolute Gasteiger partial charge is 0.502 e. The van der Waals surface area contributed by atoms with E-state index in [0.717, 1.165) is 33.5 Å². The van der Waals surface area contributed by atoms with E-state index in [0.29, 0.717) is 11.4 Å². The van der Waals surface area contributed by atoms with Gasteiger partial charge in [-0.1, -0.05) is 48.6 Å². The average Bonchev–Trinajstić information content (AvgIpc) is 2.76. The van der Waals surface area contributed by atoms with E-state index in [9.17, 15) is 0 Å². The number of fused-ring (bicyclic) bond motifs is 1. The van der Waals surface area contributed by atoms with Crippen molar-refractivity contribution in [3.63, 3.8) is 0 Å². The predicted octanol–water partition coefficient (Wildman–Crippen LogP) is 5.31. The van der Waals surface area contributed by atoms with Crippen LogP contribution in [0.5, 0.6) is 0 Å². The van der Waals surface area contributed by atoms with Crippen molar-refractivity contribution in [2.24, 2.45) is 4.99 Å². The number of hydrogen-bond acceptors (Lipinski definition) is 5. The molecule has 2 aliphatic carbocycles. The molecule has 5 heteroatoms. The van der Waals surface area contributed by atoms with Crippen molar-refractivity contribution < 1.29 is 9.47 Å². The van der Waals surface area contributed by atoms with Crippen LogP contribution in [0.4, 0.5) is 5.69 Å². The Morgan fingerprint density at radius 1 is 1.16 bits per heavy atom. The molecule has 3 N–H and O–H groups in total. The summed E-state index contributed by atoms with van der Waals surface area (Å²) < 4.78 is 11.5. The van der Waals surface area contributed by atoms with Crippen molar-refractivity contribution in [2.75, 3.05) is 12.8 Å². The van der Waals surface area contributed by atoms with Gasteiger partial charge in [-0.3, -0.25) is 10.4 Å². The number of aliphatic imine (C=N–C) groups is 1. The van der Waals surface area contributed by atoms with E-state index >= 15 is 0 Å². The van der Waals surface area contributed by atoms with Crippen LogP contribution in [-0.2, 0) is 9.47 Å². The number of nitrogen functional groups attached to an aromatic ring is 1. The molecule has 0 aliphatic heterocycles. The molecule has 0 saturated heterocycles. The number of anilines is 1. The van der Waals surface area contributed by atoms with E-state index in [1.165, 1.54) is 0 Å². The molecule has 31 heavy (non-hydrogen) atoms. The van der Waals surface area contributed by atoms with E-state index < -0.39 is 0 Å². The third-order valence-corrected chi connectivity index (χ3v) is 5.63. The third-order valence-electron chi connectivity index (χ3n) is 5.63. The fraction of sp³-hybridized carbons (Fsp3) is 0.231. The maximum atomic E-state index is 8.15. The molecule has 158 valence electrons. The van der Waals surface area contributed by atoms with Crippen LogP contribution in [0, 0.1) is 5.41 Å². The van der Waals surface area contributed by atoms with Gasteiger partial charge >= 0.3 is 0 Å². The second-order valence-electron chi connectivity index (χ2n) is 7.78. The second kappa shape index (κ2) is 8.64. The summed E-state index contributed by atoms with van der Waals surface area (Å²) in [5.41, 5.74) is 9.42. The zero-order valence-electron chi connectivity index (χ0n) is 18.0. The van der Waals surface area contributed by atoms with Crippen LogP contribution in [-0.4, -0.2) is 30.7 Å². The molecule has 4 rings (SSSR count). The van der Waals surface area contributed by atoms with Crippen molar-refractivity contribution in [3.05, 3.63) is 89.9 Å². The molecule has 0 saturated carbocycles. The fourth-order valence-electron chi connectivity index (χ4n) is 3.96. The maximum absolute atomic E-state index is 8.15. The second-order valence-corrected chi connectivity index (χ2v) is 7.78. The molecule has 0 spiro atoms. The zero-order valence-corrected chi connectivity index (χ0v) is 18.0. The molecule has 2 aromatic rings. The first-order valence-corrected chi connectivity index (χ1v) is 10.4. The molecule has 0 fully saturated rings. The van der Waals surface area contributed by atoms with Crippen LogP contribution in [0.1, 0.15) is 25.3 Å². The van der Waals surface area contributed by atoms with Gasteiger partial charge < -0.3 is 15.2 Å². The third kappa shape index (κ3) is 4.17. The van der Waals surface area contributed by atoms with Gasteiger partial charge in [-0.05, 0) is 49.1 Å². The van der Waals surface area contributed by atoms with Gasteiger partial charge in [-0.15, -0.1) is 0 Å². The van der Waals surface area contributed by atoms with E-state index in [2.05, 4.69) is 18.2 Å². The van der Waals surface area contributed by atoms with Gasteiger partial charge in [0.15, 0.2) is 0 Å². The van der Waals surface area contributed by atoms with E-state index in [-0.39, 0.29) is 18.1 Å². The first-order valence-electron chi connectivity index (χ1n) is 10.4. The van der Waals surface area contributed by atoms with E-state index in [4.69, 9.17) is 25.6 Å². The van der Waals surface area contributed by atoms with Gasteiger partial charge in [0.1, 0.15) is 11.9 Å². The lowest BCUT2D eigenvalue weighted by Gasteiger charge is -2.36. The Kier molecular flexibility index (Phi) is 5.76. The number of methoxy groups -OCH3 is 1. The number of allylic oxidation sites excluding steroid dienone is 5. The van der Waals surface area contributed by atoms with Gasteiger partial charge in [0.05, 0.1) is 36.3 Å². The molecule has 5 nitrogen and oxygen atoms in total. The molecule has 2 aliphatic rings. The molecule has 0 heterocycles. The summed E-state index contributed by atoms with van der Waals surface area (Å²) in [4.78, 5) is 4.84. The SMILES string of the molecule is CO/C(C)=C\C(C)OC1=CC(/N=C2\C=CC=CC2=N)C1c1ccc2ccccc2c1N. The molecular formula is C26H27N3O2. The molecule has 0 bridgehead atoms. The minimum absolute atomic E-state index is 0.108. The number of ether oxygens (including phenoxy) is 2. The highest BCUT2D eigenvalue weighted by molar-refractivity contribution is 6.50. The first kappa shape index (κ1) is 20.7. The number of hydrogen-bond donors (Lipinski definition) is 2. The highest BCUT2D eigenvalue weighted by atomic mass is 16.5. The Bertz CT molecular complexity index is 1170. The van der Waals surface area contributed by atoms with Gasteiger partial charge in [0, 0.05) is 11.1 Å². The van der Waals surface area contributed by atoms with Crippen LogP contribution in [0.25, 0.3) is 10.8 Å². The molecule has 3 atom stereocenters. The van der Waals surface area contributed by atoms with Crippen molar-refractivity contribution >= 4 is 27.9 Å². The quantitative estimate of drug-likeness (QED) is 0.382. The molecular weight excluding hydrogens is 386 g/mol. The molecule has 2 aromatic carbocycles. The summed E-state index contributed by atoms with van der Waals surface area (Å²) in [5.74, 6) is 1.53. The van der Waals surface area contributed by atoms with Crippen molar-refractivity contribution in [1.29, 1.82) is 5.41 Å². The monoisotopic (exact) mass is 413 g/mol. The van der Waals surface area contributed by atoms with Gasteiger partial charge in [-0.25, -0.2) is 0 Å². The number of nitrogens with two attached hydrogens (primary N) is 1. The Balaban J connectivity index is 1.72. The highest BCUT2D eigenvalue weighted by Gasteiger charge is 2.38. The smallest absolute Gasteiger partial charge is 0.117 e. The molecule has 0 aromatic heterocycles. The summed E-state index contributed by atoms with van der Waals surface area (Å²) in [6, 6.07) is 12.1. The van der Waals surface area contributed by atoms with Crippen molar-refractivity contribution in [1.82, 2.24) is 0 Å². The normalized spacial score (nSPS) is 22.9. The Labute approximate surface area is 182 Å². The number of benzene rings is 2. The Hall–Kier alpha value is -3.60. The maximum Gasteiger partial charge on any atom is 0.117 e. The average molecular weight is 414 g/mol. The number of nitrogens with one attached hydrogen (secondary N) is 1. The zero-order chi connectivity index (χ0) is 22.0. The Morgan fingerprint density at radius 3 is 2.71 bits per heavy atom. The Morgan fingerprint density at radius 2 is 1.94 bits per heavy atom. The lowest BCUT2D eigenvalue weighted by atomic mass is 9.79. The van der Waals surface area contributed by atoms with Crippen LogP contribution in [0.15, 0.2) is 89.4 Å². The predicted molar refractivity (Wildman–Crippen MR) is 128 cm³/mol. The van der Waals surface area contributed by atoms with Crippen LogP contribution in [0.2, 0.25) is 0 Å².